The number of hydrogen-bond acceptors (Lipinski definition) is 5. The number of rotatable bonds is 9. The molecule has 9 heteroatoms. The molecule has 176 valence electrons. The van der Waals surface area contributed by atoms with Gasteiger partial charge in [-0.2, -0.15) is 0 Å². The number of fused-ring (bicyclic) bond motifs is 1. The molecule has 0 saturated carbocycles. The van der Waals surface area contributed by atoms with Crippen molar-refractivity contribution < 1.29 is 22.8 Å². The lowest BCUT2D eigenvalue weighted by Gasteiger charge is -2.30. The summed E-state index contributed by atoms with van der Waals surface area (Å²) in [4.78, 5) is 40.1. The van der Waals surface area contributed by atoms with Crippen molar-refractivity contribution in [1.29, 1.82) is 0 Å². The van der Waals surface area contributed by atoms with Crippen LogP contribution in [0.3, 0.4) is 0 Å². The van der Waals surface area contributed by atoms with E-state index >= 15 is 0 Å². The zero-order valence-electron chi connectivity index (χ0n) is 19.1. The fraction of sp³-hybridized carbons (Fsp3) is 0.375. The van der Waals surface area contributed by atoms with Crippen LogP contribution >= 0.6 is 0 Å². The van der Waals surface area contributed by atoms with Crippen molar-refractivity contribution in [1.82, 2.24) is 14.5 Å². The van der Waals surface area contributed by atoms with Gasteiger partial charge in [0.2, 0.25) is 11.8 Å². The Morgan fingerprint density at radius 2 is 1.76 bits per heavy atom. The third-order valence-corrected chi connectivity index (χ3v) is 7.58. The van der Waals surface area contributed by atoms with Crippen molar-refractivity contribution in [2.75, 3.05) is 13.1 Å². The van der Waals surface area contributed by atoms with Gasteiger partial charge in [-0.05, 0) is 43.5 Å². The SMILES string of the molecule is CCCCNC(=O)[C@@H](C)N(Cc1ccccc1C)C(=O)CN1C(=O)c2ccccc2S1(=O)=O. The summed E-state index contributed by atoms with van der Waals surface area (Å²) in [5, 5.41) is 2.82. The second kappa shape index (κ2) is 10.2. The van der Waals surface area contributed by atoms with Crippen molar-refractivity contribution in [3.05, 3.63) is 65.2 Å². The number of carbonyl (C=O) groups excluding carboxylic acids is 3. The maximum absolute atomic E-state index is 13.4. The molecule has 2 aromatic carbocycles. The van der Waals surface area contributed by atoms with Crippen molar-refractivity contribution in [2.24, 2.45) is 0 Å². The van der Waals surface area contributed by atoms with E-state index < -0.39 is 34.4 Å². The van der Waals surface area contributed by atoms with Gasteiger partial charge in [-0.1, -0.05) is 49.7 Å². The third-order valence-electron chi connectivity index (χ3n) is 5.79. The van der Waals surface area contributed by atoms with Gasteiger partial charge in [-0.15, -0.1) is 0 Å². The summed E-state index contributed by atoms with van der Waals surface area (Å²) in [6.07, 6.45) is 1.72. The van der Waals surface area contributed by atoms with Gasteiger partial charge < -0.3 is 10.2 Å². The maximum Gasteiger partial charge on any atom is 0.269 e. The highest BCUT2D eigenvalue weighted by Crippen LogP contribution is 2.30. The second-order valence-electron chi connectivity index (χ2n) is 8.08. The smallest absolute Gasteiger partial charge is 0.269 e. The highest BCUT2D eigenvalue weighted by molar-refractivity contribution is 7.90. The number of sulfonamides is 1. The number of benzene rings is 2. The molecular weight excluding hydrogens is 442 g/mol. The monoisotopic (exact) mass is 471 g/mol. The minimum Gasteiger partial charge on any atom is -0.354 e. The Bertz CT molecular complexity index is 1160. The lowest BCUT2D eigenvalue weighted by atomic mass is 10.1. The molecule has 0 spiro atoms. The maximum atomic E-state index is 13.4. The van der Waals surface area contributed by atoms with Gasteiger partial charge in [0.15, 0.2) is 0 Å². The summed E-state index contributed by atoms with van der Waals surface area (Å²) in [7, 11) is -4.13. The van der Waals surface area contributed by atoms with Crippen LogP contribution < -0.4 is 5.32 Å². The van der Waals surface area contributed by atoms with E-state index in [0.717, 1.165) is 24.0 Å². The van der Waals surface area contributed by atoms with E-state index in [1.807, 2.05) is 38.1 Å². The van der Waals surface area contributed by atoms with Gasteiger partial charge in [0.25, 0.3) is 15.9 Å². The van der Waals surface area contributed by atoms with Gasteiger partial charge in [-0.25, -0.2) is 12.7 Å². The fourth-order valence-electron chi connectivity index (χ4n) is 3.69. The van der Waals surface area contributed by atoms with Crippen LogP contribution in [0.25, 0.3) is 0 Å². The topological polar surface area (TPSA) is 104 Å². The molecule has 0 aliphatic carbocycles. The number of carbonyl (C=O) groups is 3. The molecule has 1 atom stereocenters. The summed E-state index contributed by atoms with van der Waals surface area (Å²) in [5.74, 6) is -1.69. The van der Waals surface area contributed by atoms with Gasteiger partial charge in [-0.3, -0.25) is 14.4 Å². The number of aryl methyl sites for hydroxylation is 1. The van der Waals surface area contributed by atoms with Crippen LogP contribution in [0, 0.1) is 6.92 Å². The molecule has 0 bridgehead atoms. The summed E-state index contributed by atoms with van der Waals surface area (Å²) >= 11 is 0. The molecule has 3 rings (SSSR count). The van der Waals surface area contributed by atoms with Crippen molar-refractivity contribution in [3.63, 3.8) is 0 Å². The summed E-state index contributed by atoms with van der Waals surface area (Å²) in [5.41, 5.74) is 1.81. The van der Waals surface area contributed by atoms with E-state index in [-0.39, 0.29) is 22.9 Å². The summed E-state index contributed by atoms with van der Waals surface area (Å²) < 4.78 is 26.4. The molecule has 8 nitrogen and oxygen atoms in total. The standard InChI is InChI=1S/C24H29N3O5S/c1-4-5-14-25-23(29)18(3)26(15-19-11-7-6-10-17(19)2)22(28)16-27-24(30)20-12-8-9-13-21(20)33(27,31)32/h6-13,18H,4-5,14-16H2,1-3H3,(H,25,29)/t18-/m1/s1. The lowest BCUT2D eigenvalue weighted by molar-refractivity contribution is -0.140. The van der Waals surface area contributed by atoms with Crippen LogP contribution in [0.4, 0.5) is 0 Å². The normalized spacial score (nSPS) is 15.1. The van der Waals surface area contributed by atoms with Crippen LogP contribution in [0.1, 0.15) is 48.2 Å². The Balaban J connectivity index is 1.87. The molecule has 1 heterocycles. The first-order valence-electron chi connectivity index (χ1n) is 11.0. The minimum atomic E-state index is -4.13. The molecule has 3 amide bonds. The first-order chi connectivity index (χ1) is 15.7. The molecule has 2 aromatic rings. The lowest BCUT2D eigenvalue weighted by Crippen LogP contribution is -2.51. The Morgan fingerprint density at radius 1 is 1.09 bits per heavy atom. The van der Waals surface area contributed by atoms with E-state index in [2.05, 4.69) is 5.32 Å². The molecule has 1 aliphatic rings. The molecular formula is C24H29N3O5S. The van der Waals surface area contributed by atoms with Gasteiger partial charge >= 0.3 is 0 Å². The number of unbranched alkanes of at least 4 members (excludes halogenated alkanes) is 1. The minimum absolute atomic E-state index is 0.0427. The fourth-order valence-corrected chi connectivity index (χ4v) is 5.21. The number of amides is 3. The van der Waals surface area contributed by atoms with Crippen LogP contribution in [0.5, 0.6) is 0 Å². The molecule has 0 unspecified atom stereocenters. The predicted molar refractivity (Wildman–Crippen MR) is 124 cm³/mol. The molecule has 1 N–H and O–H groups in total. The van der Waals surface area contributed by atoms with E-state index in [4.69, 9.17) is 0 Å². The van der Waals surface area contributed by atoms with Gasteiger partial charge in [0.1, 0.15) is 17.5 Å². The van der Waals surface area contributed by atoms with Crippen LogP contribution in [-0.2, 0) is 26.2 Å². The molecule has 33 heavy (non-hydrogen) atoms. The third kappa shape index (κ3) is 5.08. The van der Waals surface area contributed by atoms with Crippen molar-refractivity contribution >= 4 is 27.7 Å². The highest BCUT2D eigenvalue weighted by Gasteiger charge is 2.43. The molecule has 1 aliphatic heterocycles. The van der Waals surface area contributed by atoms with Crippen LogP contribution in [0.2, 0.25) is 0 Å². The van der Waals surface area contributed by atoms with E-state index in [9.17, 15) is 22.8 Å². The largest absolute Gasteiger partial charge is 0.354 e. The summed E-state index contributed by atoms with van der Waals surface area (Å²) in [6, 6.07) is 12.5. The molecule has 0 saturated heterocycles. The molecule has 0 aromatic heterocycles. The zero-order chi connectivity index (χ0) is 24.2. The Kier molecular flexibility index (Phi) is 7.53. The number of hydrogen-bond donors (Lipinski definition) is 1. The van der Waals surface area contributed by atoms with E-state index in [1.54, 1.807) is 13.0 Å². The number of nitrogens with one attached hydrogen (secondary N) is 1. The van der Waals surface area contributed by atoms with E-state index in [1.165, 1.54) is 23.1 Å². The average Bonchev–Trinajstić information content (AvgIpc) is 2.99. The van der Waals surface area contributed by atoms with E-state index in [0.29, 0.717) is 10.8 Å². The summed E-state index contributed by atoms with van der Waals surface area (Å²) in [6.45, 7) is 5.44. The Labute approximate surface area is 194 Å². The zero-order valence-corrected chi connectivity index (χ0v) is 19.9. The highest BCUT2D eigenvalue weighted by atomic mass is 32.2. The quantitative estimate of drug-likeness (QED) is 0.566. The van der Waals surface area contributed by atoms with Crippen LogP contribution in [-0.4, -0.2) is 54.5 Å². The van der Waals surface area contributed by atoms with Crippen LogP contribution in [0.15, 0.2) is 53.4 Å². The van der Waals surface area contributed by atoms with Crippen molar-refractivity contribution in [2.45, 2.75) is 51.1 Å². The first-order valence-corrected chi connectivity index (χ1v) is 12.4. The second-order valence-corrected chi connectivity index (χ2v) is 9.91. The Hall–Kier alpha value is -3.20. The molecule has 0 fully saturated rings. The first kappa shape index (κ1) is 24.4. The predicted octanol–water partition coefficient (Wildman–Crippen LogP) is 2.47. The number of nitrogens with zero attached hydrogens (tertiary/aromatic N) is 2. The van der Waals surface area contributed by atoms with Gasteiger partial charge in [0.05, 0.1) is 5.56 Å². The Morgan fingerprint density at radius 3 is 2.42 bits per heavy atom. The molecule has 0 radical (unpaired) electrons. The average molecular weight is 472 g/mol. The van der Waals surface area contributed by atoms with Gasteiger partial charge in [0, 0.05) is 13.1 Å². The van der Waals surface area contributed by atoms with Crippen molar-refractivity contribution in [3.8, 4) is 0 Å².